The molecule has 9 nitrogen and oxygen atoms in total. The highest BCUT2D eigenvalue weighted by Crippen LogP contribution is 2.32. The fraction of sp³-hybridized carbons (Fsp3) is 0.571. The first kappa shape index (κ1) is 31.8. The number of benzene rings is 1. The van der Waals surface area contributed by atoms with Crippen molar-refractivity contribution in [3.63, 3.8) is 0 Å². The van der Waals surface area contributed by atoms with Crippen molar-refractivity contribution < 1.29 is 29.4 Å². The number of carbonyl (C=O) groups is 4. The summed E-state index contributed by atoms with van der Waals surface area (Å²) < 4.78 is 0. The van der Waals surface area contributed by atoms with E-state index in [1.54, 1.807) is 4.90 Å². The topological polar surface area (TPSA) is 127 Å². The Bertz CT molecular complexity index is 865. The standard InChI is InChI=1S/C17H28N2O2.C9H9NO2.CH4O.CH2O/c1-3-5-6-7-9-13-12-14(13)18-17(21)15-10-8-11-19(15)16(20)4-2;11-9(12)10-5-7-3-1-2-4-8(7)6-10;2*1-2/h7,9,13-15H,3-6,8,10-12H2,1-2H3,(H,18,21);1-4H,5-6H2,(H,11,12);2H,1H3;1H2/b9-7-;;;/t13-,14-,15+;;;/m1.../s1. The van der Waals surface area contributed by atoms with Gasteiger partial charge in [0.1, 0.15) is 12.8 Å². The van der Waals surface area contributed by atoms with Gasteiger partial charge in [-0.25, -0.2) is 4.79 Å². The third-order valence-corrected chi connectivity index (χ3v) is 6.56. The van der Waals surface area contributed by atoms with Crippen LogP contribution in [0.4, 0.5) is 4.79 Å². The number of carboxylic acid groups (broad SMARTS) is 1. The summed E-state index contributed by atoms with van der Waals surface area (Å²) in [6, 6.07) is 7.86. The average molecular weight is 518 g/mol. The number of hydrogen-bond acceptors (Lipinski definition) is 5. The van der Waals surface area contributed by atoms with E-state index in [1.165, 1.54) is 17.7 Å². The van der Waals surface area contributed by atoms with E-state index in [0.717, 1.165) is 50.5 Å². The molecule has 0 radical (unpaired) electrons. The molecule has 0 aromatic heterocycles. The predicted molar refractivity (Wildman–Crippen MR) is 143 cm³/mol. The number of aliphatic hydroxyl groups is 1. The van der Waals surface area contributed by atoms with E-state index < -0.39 is 6.09 Å². The van der Waals surface area contributed by atoms with Gasteiger partial charge in [-0.3, -0.25) is 14.5 Å². The molecule has 3 atom stereocenters. The molecule has 0 unspecified atom stereocenters. The SMILES string of the molecule is C=O.CCCC/C=C\[C@@H]1C[C@H]1NC(=O)[C@@H]1CCCN1C(=O)CC.CO.O=C(O)N1Cc2ccccc2C1. The van der Waals surface area contributed by atoms with Crippen molar-refractivity contribution in [1.82, 2.24) is 15.1 Å². The van der Waals surface area contributed by atoms with Gasteiger partial charge in [-0.15, -0.1) is 0 Å². The average Bonchev–Trinajstić information content (AvgIpc) is 3.30. The maximum atomic E-state index is 12.3. The van der Waals surface area contributed by atoms with Crippen LogP contribution >= 0.6 is 0 Å². The third kappa shape index (κ3) is 9.99. The summed E-state index contributed by atoms with van der Waals surface area (Å²) in [4.78, 5) is 45.9. The van der Waals surface area contributed by atoms with Crippen molar-refractivity contribution in [2.45, 2.75) is 84.0 Å². The van der Waals surface area contributed by atoms with Gasteiger partial charge in [0.05, 0.1) is 0 Å². The largest absolute Gasteiger partial charge is 0.465 e. The van der Waals surface area contributed by atoms with Gasteiger partial charge in [0.15, 0.2) is 0 Å². The minimum atomic E-state index is -0.841. The van der Waals surface area contributed by atoms with Crippen LogP contribution in [-0.2, 0) is 27.5 Å². The van der Waals surface area contributed by atoms with Gasteiger partial charge in [-0.1, -0.05) is 63.1 Å². The zero-order chi connectivity index (χ0) is 27.8. The number of carbonyl (C=O) groups excluding carboxylic acids is 3. The summed E-state index contributed by atoms with van der Waals surface area (Å²) in [6.07, 6.45) is 10.5. The Morgan fingerprint density at radius 3 is 2.27 bits per heavy atom. The summed E-state index contributed by atoms with van der Waals surface area (Å²) in [6.45, 7) is 7.85. The molecule has 2 heterocycles. The number of allylic oxidation sites excluding steroid dienone is 1. The predicted octanol–water partition coefficient (Wildman–Crippen LogP) is 3.74. The molecule has 0 bridgehead atoms. The molecule has 0 spiro atoms. The van der Waals surface area contributed by atoms with E-state index in [9.17, 15) is 14.4 Å². The Kier molecular flexibility index (Phi) is 14.9. The fourth-order valence-corrected chi connectivity index (χ4v) is 4.47. The molecule has 1 aromatic rings. The van der Waals surface area contributed by atoms with Crippen molar-refractivity contribution in [2.24, 2.45) is 5.92 Å². The van der Waals surface area contributed by atoms with E-state index in [0.29, 0.717) is 25.4 Å². The van der Waals surface area contributed by atoms with Crippen LogP contribution in [-0.4, -0.2) is 70.4 Å². The number of likely N-dealkylation sites (tertiary alicyclic amines) is 1. The van der Waals surface area contributed by atoms with Gasteiger partial charge in [0.25, 0.3) is 0 Å². The van der Waals surface area contributed by atoms with Gasteiger partial charge in [-0.05, 0) is 42.7 Å². The first-order valence-electron chi connectivity index (χ1n) is 13.0. The molecule has 37 heavy (non-hydrogen) atoms. The fourth-order valence-electron chi connectivity index (χ4n) is 4.47. The highest BCUT2D eigenvalue weighted by molar-refractivity contribution is 5.88. The van der Waals surface area contributed by atoms with E-state index in [2.05, 4.69) is 24.4 Å². The zero-order valence-corrected chi connectivity index (χ0v) is 22.4. The molecule has 2 fully saturated rings. The van der Waals surface area contributed by atoms with Gasteiger partial charge in [-0.2, -0.15) is 0 Å². The molecule has 1 saturated heterocycles. The smallest absolute Gasteiger partial charge is 0.407 e. The Balaban J connectivity index is 0.000000361. The second-order valence-electron chi connectivity index (χ2n) is 9.09. The second-order valence-corrected chi connectivity index (χ2v) is 9.09. The lowest BCUT2D eigenvalue weighted by Crippen LogP contribution is -2.46. The second kappa shape index (κ2) is 17.3. The minimum absolute atomic E-state index is 0.0451. The van der Waals surface area contributed by atoms with Crippen LogP contribution in [0.1, 0.15) is 69.9 Å². The maximum absolute atomic E-state index is 12.3. The molecule has 3 aliphatic rings. The van der Waals surface area contributed by atoms with Crippen LogP contribution in [0.15, 0.2) is 36.4 Å². The molecular weight excluding hydrogens is 474 g/mol. The van der Waals surface area contributed by atoms with Gasteiger partial charge >= 0.3 is 6.09 Å². The highest BCUT2D eigenvalue weighted by Gasteiger charge is 2.40. The first-order chi connectivity index (χ1) is 17.9. The van der Waals surface area contributed by atoms with E-state index >= 15 is 0 Å². The minimum Gasteiger partial charge on any atom is -0.465 e. The molecule has 1 aliphatic carbocycles. The van der Waals surface area contributed by atoms with E-state index in [1.807, 2.05) is 38.0 Å². The number of hydrogen-bond donors (Lipinski definition) is 3. The normalized spacial score (nSPS) is 20.9. The van der Waals surface area contributed by atoms with Crippen molar-refractivity contribution >= 4 is 24.7 Å². The number of unbranched alkanes of at least 4 members (excludes halogenated alkanes) is 2. The quantitative estimate of drug-likeness (QED) is 0.373. The monoisotopic (exact) mass is 517 g/mol. The number of rotatable bonds is 7. The number of nitrogens with one attached hydrogen (secondary N) is 1. The van der Waals surface area contributed by atoms with Crippen molar-refractivity contribution in [2.75, 3.05) is 13.7 Å². The summed E-state index contributed by atoms with van der Waals surface area (Å²) in [5.41, 5.74) is 2.25. The number of fused-ring (bicyclic) bond motifs is 1. The van der Waals surface area contributed by atoms with Crippen molar-refractivity contribution in [1.29, 1.82) is 0 Å². The van der Waals surface area contributed by atoms with Gasteiger partial charge in [0, 0.05) is 39.2 Å². The van der Waals surface area contributed by atoms with Gasteiger partial charge in [0.2, 0.25) is 11.8 Å². The number of nitrogens with zero attached hydrogens (tertiary/aromatic N) is 2. The molecule has 3 amide bonds. The Morgan fingerprint density at radius 1 is 1.11 bits per heavy atom. The number of amides is 3. The Morgan fingerprint density at radius 2 is 1.73 bits per heavy atom. The summed E-state index contributed by atoms with van der Waals surface area (Å²) in [5, 5.41) is 18.8. The van der Waals surface area contributed by atoms with Crippen LogP contribution in [0.3, 0.4) is 0 Å². The molecule has 2 aliphatic heterocycles. The molecule has 206 valence electrons. The van der Waals surface area contributed by atoms with Crippen molar-refractivity contribution in [3.05, 3.63) is 47.5 Å². The number of aliphatic hydroxyl groups excluding tert-OH is 1. The molecule has 3 N–H and O–H groups in total. The van der Waals surface area contributed by atoms with E-state index in [4.69, 9.17) is 15.0 Å². The Hall–Kier alpha value is -3.20. The molecule has 4 rings (SSSR count). The van der Waals surface area contributed by atoms with E-state index in [-0.39, 0.29) is 23.9 Å². The summed E-state index contributed by atoms with van der Waals surface area (Å²) in [5.74, 6) is 0.644. The highest BCUT2D eigenvalue weighted by atomic mass is 16.4. The summed E-state index contributed by atoms with van der Waals surface area (Å²) in [7, 11) is 1.00. The lowest BCUT2D eigenvalue weighted by atomic mass is 10.1. The lowest BCUT2D eigenvalue weighted by molar-refractivity contribution is -0.138. The van der Waals surface area contributed by atoms with Crippen LogP contribution < -0.4 is 5.32 Å². The molecular formula is C28H43N3O6. The molecule has 9 heteroatoms. The van der Waals surface area contributed by atoms with Crippen LogP contribution in [0.2, 0.25) is 0 Å². The Labute approximate surface area is 220 Å². The first-order valence-corrected chi connectivity index (χ1v) is 13.0. The van der Waals surface area contributed by atoms with Crippen LogP contribution in [0, 0.1) is 5.92 Å². The summed E-state index contributed by atoms with van der Waals surface area (Å²) >= 11 is 0. The van der Waals surface area contributed by atoms with Gasteiger partial charge < -0.3 is 25.2 Å². The lowest BCUT2D eigenvalue weighted by Gasteiger charge is -2.23. The van der Waals surface area contributed by atoms with Crippen LogP contribution in [0.5, 0.6) is 0 Å². The molecule has 1 saturated carbocycles. The maximum Gasteiger partial charge on any atom is 0.407 e. The van der Waals surface area contributed by atoms with Crippen LogP contribution in [0.25, 0.3) is 0 Å². The third-order valence-electron chi connectivity index (χ3n) is 6.56. The zero-order valence-electron chi connectivity index (χ0n) is 22.4. The molecule has 1 aromatic carbocycles. The van der Waals surface area contributed by atoms with Crippen molar-refractivity contribution in [3.8, 4) is 0 Å².